The zero-order valence-corrected chi connectivity index (χ0v) is 9.86. The Kier molecular flexibility index (Phi) is 2.36. The van der Waals surface area contributed by atoms with Gasteiger partial charge in [-0.1, -0.05) is 0 Å². The molecule has 1 amide bonds. The Morgan fingerprint density at radius 2 is 2.17 bits per heavy atom. The molecule has 0 aliphatic carbocycles. The highest BCUT2D eigenvalue weighted by Gasteiger charge is 2.23. The second-order valence-corrected chi connectivity index (χ2v) is 4.46. The van der Waals surface area contributed by atoms with Gasteiger partial charge < -0.3 is 4.90 Å². The average molecular weight is 250 g/mol. The number of aromatic nitrogens is 1. The van der Waals surface area contributed by atoms with Crippen LogP contribution in [0.25, 0.3) is 10.9 Å². The van der Waals surface area contributed by atoms with E-state index in [4.69, 9.17) is 0 Å². The maximum atomic E-state index is 12.8. The third kappa shape index (κ3) is 1.50. The standard InChI is InChI=1S/C13H12F2N2O/c1-8(18)16-4-2-9-7-12-10(6-11(9)16)3-5-17(12)13(14)15/h3,5-7,13H,2,4H2,1H3. The largest absolute Gasteiger partial charge is 0.319 e. The van der Waals surface area contributed by atoms with E-state index in [9.17, 15) is 13.6 Å². The van der Waals surface area contributed by atoms with Crippen molar-refractivity contribution in [2.75, 3.05) is 11.4 Å². The summed E-state index contributed by atoms with van der Waals surface area (Å²) in [5.41, 5.74) is 2.33. The Morgan fingerprint density at radius 1 is 1.39 bits per heavy atom. The van der Waals surface area contributed by atoms with Gasteiger partial charge in [0, 0.05) is 30.7 Å². The van der Waals surface area contributed by atoms with Crippen LogP contribution in [0.5, 0.6) is 0 Å². The number of hydrogen-bond acceptors (Lipinski definition) is 1. The smallest absolute Gasteiger partial charge is 0.312 e. The molecule has 0 spiro atoms. The number of carbonyl (C=O) groups excluding carboxylic acids is 1. The van der Waals surface area contributed by atoms with Gasteiger partial charge in [0.15, 0.2) is 0 Å². The predicted octanol–water partition coefficient (Wildman–Crippen LogP) is 2.95. The molecule has 0 fully saturated rings. The molecule has 0 N–H and O–H groups in total. The molecular weight excluding hydrogens is 238 g/mol. The van der Waals surface area contributed by atoms with Crippen LogP contribution < -0.4 is 4.90 Å². The van der Waals surface area contributed by atoms with E-state index in [1.54, 1.807) is 17.0 Å². The first kappa shape index (κ1) is 11.2. The summed E-state index contributed by atoms with van der Waals surface area (Å²) in [6, 6.07) is 5.23. The van der Waals surface area contributed by atoms with Gasteiger partial charge in [-0.3, -0.25) is 9.36 Å². The molecule has 1 aliphatic rings. The number of halogens is 2. The van der Waals surface area contributed by atoms with Gasteiger partial charge in [-0.05, 0) is 30.2 Å². The normalized spacial score (nSPS) is 14.6. The Hall–Kier alpha value is -1.91. The summed E-state index contributed by atoms with van der Waals surface area (Å²) in [6.45, 7) is -0.388. The van der Waals surface area contributed by atoms with Crippen LogP contribution in [0.1, 0.15) is 19.0 Å². The van der Waals surface area contributed by atoms with Gasteiger partial charge >= 0.3 is 6.55 Å². The summed E-state index contributed by atoms with van der Waals surface area (Å²) in [5.74, 6) is -0.0126. The van der Waals surface area contributed by atoms with Crippen molar-refractivity contribution in [1.82, 2.24) is 4.57 Å². The summed E-state index contributed by atoms with van der Waals surface area (Å²) in [6.07, 6.45) is 2.10. The van der Waals surface area contributed by atoms with Crippen LogP contribution in [-0.4, -0.2) is 17.0 Å². The molecule has 0 saturated heterocycles. The molecular formula is C13H12F2N2O. The minimum atomic E-state index is -2.54. The predicted molar refractivity (Wildman–Crippen MR) is 64.9 cm³/mol. The average Bonchev–Trinajstić information content (AvgIpc) is 2.87. The number of alkyl halides is 2. The molecule has 1 aromatic carbocycles. The molecule has 1 aliphatic heterocycles. The molecule has 2 aromatic rings. The van der Waals surface area contributed by atoms with Crippen molar-refractivity contribution in [3.8, 4) is 0 Å². The zero-order chi connectivity index (χ0) is 12.9. The van der Waals surface area contributed by atoms with Crippen molar-refractivity contribution >= 4 is 22.5 Å². The van der Waals surface area contributed by atoms with Crippen LogP contribution in [0.15, 0.2) is 24.4 Å². The Bertz CT molecular complexity index is 633. The number of amides is 1. The van der Waals surface area contributed by atoms with E-state index < -0.39 is 6.55 Å². The second-order valence-electron chi connectivity index (χ2n) is 4.46. The molecule has 0 saturated carbocycles. The monoisotopic (exact) mass is 250 g/mol. The van der Waals surface area contributed by atoms with Gasteiger partial charge in [-0.25, -0.2) is 0 Å². The van der Waals surface area contributed by atoms with E-state index in [2.05, 4.69) is 0 Å². The van der Waals surface area contributed by atoms with Crippen LogP contribution in [0.2, 0.25) is 0 Å². The van der Waals surface area contributed by atoms with E-state index in [-0.39, 0.29) is 5.91 Å². The van der Waals surface area contributed by atoms with Crippen molar-refractivity contribution in [2.24, 2.45) is 0 Å². The molecule has 18 heavy (non-hydrogen) atoms. The quantitative estimate of drug-likeness (QED) is 0.763. The molecule has 0 unspecified atom stereocenters. The maximum Gasteiger partial charge on any atom is 0.319 e. The highest BCUT2D eigenvalue weighted by molar-refractivity contribution is 5.97. The van der Waals surface area contributed by atoms with Gasteiger partial charge in [-0.15, -0.1) is 0 Å². The lowest BCUT2D eigenvalue weighted by Gasteiger charge is -2.14. The fourth-order valence-electron chi connectivity index (χ4n) is 2.54. The van der Waals surface area contributed by atoms with Gasteiger partial charge in [0.1, 0.15) is 0 Å². The maximum absolute atomic E-state index is 12.8. The second kappa shape index (κ2) is 3.80. The van der Waals surface area contributed by atoms with Gasteiger partial charge in [0.25, 0.3) is 0 Å². The number of hydrogen-bond donors (Lipinski definition) is 0. The van der Waals surface area contributed by atoms with E-state index in [1.165, 1.54) is 13.1 Å². The Morgan fingerprint density at radius 3 is 2.83 bits per heavy atom. The first-order valence-corrected chi connectivity index (χ1v) is 5.77. The third-order valence-corrected chi connectivity index (χ3v) is 3.41. The third-order valence-electron chi connectivity index (χ3n) is 3.41. The van der Waals surface area contributed by atoms with Crippen molar-refractivity contribution in [3.05, 3.63) is 30.0 Å². The van der Waals surface area contributed by atoms with Gasteiger partial charge in [0.2, 0.25) is 5.91 Å². The lowest BCUT2D eigenvalue weighted by Crippen LogP contribution is -2.25. The summed E-state index contributed by atoms with van der Waals surface area (Å²) in [7, 11) is 0. The van der Waals surface area contributed by atoms with Crippen LogP contribution >= 0.6 is 0 Å². The first-order valence-electron chi connectivity index (χ1n) is 5.77. The summed E-state index contributed by atoms with van der Waals surface area (Å²) in [4.78, 5) is 13.1. The highest BCUT2D eigenvalue weighted by Crippen LogP contribution is 2.34. The zero-order valence-electron chi connectivity index (χ0n) is 9.86. The van der Waals surface area contributed by atoms with Gasteiger partial charge in [-0.2, -0.15) is 8.78 Å². The Balaban J connectivity index is 2.18. The topological polar surface area (TPSA) is 25.2 Å². The molecule has 0 radical (unpaired) electrons. The van der Waals surface area contributed by atoms with Crippen molar-refractivity contribution in [1.29, 1.82) is 0 Å². The SMILES string of the molecule is CC(=O)N1CCc2cc3c(ccn3C(F)F)cc21. The molecule has 2 heterocycles. The lowest BCUT2D eigenvalue weighted by molar-refractivity contribution is -0.116. The van der Waals surface area contributed by atoms with E-state index in [0.29, 0.717) is 12.1 Å². The van der Waals surface area contributed by atoms with E-state index in [1.807, 2.05) is 6.07 Å². The number of rotatable bonds is 1. The van der Waals surface area contributed by atoms with Crippen molar-refractivity contribution < 1.29 is 13.6 Å². The number of anilines is 1. The molecule has 0 atom stereocenters. The number of carbonyl (C=O) groups is 1. The molecule has 1 aromatic heterocycles. The van der Waals surface area contributed by atoms with E-state index in [0.717, 1.165) is 27.6 Å². The lowest BCUT2D eigenvalue weighted by atomic mass is 10.1. The van der Waals surface area contributed by atoms with Crippen molar-refractivity contribution in [3.63, 3.8) is 0 Å². The minimum Gasteiger partial charge on any atom is -0.312 e. The molecule has 94 valence electrons. The van der Waals surface area contributed by atoms with Crippen LogP contribution in [0.4, 0.5) is 14.5 Å². The fourth-order valence-corrected chi connectivity index (χ4v) is 2.54. The molecule has 3 rings (SSSR count). The first-order chi connectivity index (χ1) is 8.58. The fraction of sp³-hybridized carbons (Fsp3) is 0.308. The highest BCUT2D eigenvalue weighted by atomic mass is 19.3. The van der Waals surface area contributed by atoms with Crippen LogP contribution in [-0.2, 0) is 11.2 Å². The van der Waals surface area contributed by atoms with E-state index >= 15 is 0 Å². The number of fused-ring (bicyclic) bond motifs is 2. The van der Waals surface area contributed by atoms with Gasteiger partial charge in [0.05, 0.1) is 5.52 Å². The summed E-state index contributed by atoms with van der Waals surface area (Å²) >= 11 is 0. The summed E-state index contributed by atoms with van der Waals surface area (Å²) in [5, 5.41) is 0.738. The Labute approximate surface area is 103 Å². The molecule has 0 bridgehead atoms. The molecule has 3 nitrogen and oxygen atoms in total. The number of nitrogens with zero attached hydrogens (tertiary/aromatic N) is 2. The minimum absolute atomic E-state index is 0.0126. The van der Waals surface area contributed by atoms with Crippen LogP contribution in [0, 0.1) is 0 Å². The number of benzene rings is 1. The van der Waals surface area contributed by atoms with Crippen LogP contribution in [0.3, 0.4) is 0 Å². The van der Waals surface area contributed by atoms with Crippen molar-refractivity contribution in [2.45, 2.75) is 19.9 Å². The molecule has 5 heteroatoms. The summed E-state index contributed by atoms with van der Waals surface area (Å²) < 4.78 is 26.5.